The van der Waals surface area contributed by atoms with Gasteiger partial charge in [-0.25, -0.2) is 14.2 Å². The van der Waals surface area contributed by atoms with Crippen molar-refractivity contribution in [3.63, 3.8) is 0 Å². The molecule has 2 aromatic heterocycles. The Balaban J connectivity index is 1.88. The van der Waals surface area contributed by atoms with Crippen LogP contribution < -0.4 is 5.76 Å². The van der Waals surface area contributed by atoms with E-state index in [2.05, 4.69) is 10.1 Å². The number of fused-ring (bicyclic) bond motifs is 1. The molecule has 10 heteroatoms. The zero-order valence-electron chi connectivity index (χ0n) is 17.0. The van der Waals surface area contributed by atoms with Gasteiger partial charge in [-0.2, -0.15) is 4.68 Å². The number of thiazole rings is 1. The summed E-state index contributed by atoms with van der Waals surface area (Å²) in [6.45, 7) is 10.9. The first-order valence-corrected chi connectivity index (χ1v) is 10.7. The molecule has 0 fully saturated rings. The molecule has 0 aliphatic carbocycles. The van der Waals surface area contributed by atoms with Gasteiger partial charge in [-0.05, 0) is 32.9 Å². The Hall–Kier alpha value is -2.20. The molecular formula is C19H22FN3O4S2. The van der Waals surface area contributed by atoms with E-state index in [1.165, 1.54) is 35.2 Å². The van der Waals surface area contributed by atoms with E-state index in [1.54, 1.807) is 20.8 Å². The number of carbonyl (C=O) groups excluding carboxylic acids is 1. The number of esters is 1. The number of halogens is 1. The number of rotatable bonds is 4. The number of thioether (sulfide) groups is 1. The summed E-state index contributed by atoms with van der Waals surface area (Å²) in [5, 5.41) is 4.13. The van der Waals surface area contributed by atoms with Crippen molar-refractivity contribution in [2.24, 2.45) is 0 Å². The topological polar surface area (TPSA) is 87.2 Å². The SMILES string of the molecule is CC(C)(C)OC(=O)CSc1nc2cc(-n3nc(C(C)(C)C)oc3=O)c(F)cc2s1. The lowest BCUT2D eigenvalue weighted by Gasteiger charge is -2.18. The fourth-order valence-electron chi connectivity index (χ4n) is 2.37. The van der Waals surface area contributed by atoms with Gasteiger partial charge in [-0.3, -0.25) is 4.79 Å². The Bertz CT molecular complexity index is 1120. The lowest BCUT2D eigenvalue weighted by Crippen LogP contribution is -2.24. The van der Waals surface area contributed by atoms with Crippen LogP contribution in [0.2, 0.25) is 0 Å². The monoisotopic (exact) mass is 439 g/mol. The van der Waals surface area contributed by atoms with Crippen LogP contribution in [-0.2, 0) is 14.9 Å². The van der Waals surface area contributed by atoms with E-state index < -0.39 is 22.6 Å². The average Bonchev–Trinajstić information content (AvgIpc) is 3.13. The molecule has 0 aliphatic heterocycles. The summed E-state index contributed by atoms with van der Waals surface area (Å²) in [7, 11) is 0. The standard InChI is InChI=1S/C19H22FN3O4S2/c1-18(2,3)15-22-23(17(25)26-15)12-8-11-13(7-10(12)20)29-16(21-11)28-9-14(24)27-19(4,5)6/h7-8H,9H2,1-6H3. The van der Waals surface area contributed by atoms with Crippen molar-refractivity contribution in [2.45, 2.75) is 56.9 Å². The second kappa shape index (κ2) is 7.56. The van der Waals surface area contributed by atoms with Crippen LogP contribution in [0.15, 0.2) is 25.7 Å². The highest BCUT2D eigenvalue weighted by atomic mass is 32.2. The molecule has 0 radical (unpaired) electrons. The zero-order chi connectivity index (χ0) is 21.6. The Morgan fingerprint density at radius 2 is 1.97 bits per heavy atom. The minimum absolute atomic E-state index is 0.0317. The fraction of sp³-hybridized carbons (Fsp3) is 0.474. The van der Waals surface area contributed by atoms with E-state index in [0.29, 0.717) is 14.6 Å². The lowest BCUT2D eigenvalue weighted by molar-refractivity contribution is -0.151. The van der Waals surface area contributed by atoms with Crippen LogP contribution >= 0.6 is 23.1 Å². The molecule has 0 N–H and O–H groups in total. The average molecular weight is 440 g/mol. The molecule has 0 saturated carbocycles. The van der Waals surface area contributed by atoms with Crippen LogP contribution in [-0.4, -0.2) is 32.1 Å². The van der Waals surface area contributed by atoms with Gasteiger partial charge in [0.25, 0.3) is 0 Å². The van der Waals surface area contributed by atoms with Crippen LogP contribution in [0.1, 0.15) is 47.4 Å². The highest BCUT2D eigenvalue weighted by molar-refractivity contribution is 8.01. The first-order chi connectivity index (χ1) is 13.3. The van der Waals surface area contributed by atoms with Gasteiger partial charge in [0, 0.05) is 5.41 Å². The first kappa shape index (κ1) is 21.5. The fourth-order valence-corrected chi connectivity index (χ4v) is 4.21. The van der Waals surface area contributed by atoms with Crippen LogP contribution in [0.3, 0.4) is 0 Å². The molecule has 3 rings (SSSR count). The first-order valence-electron chi connectivity index (χ1n) is 8.89. The highest BCUT2D eigenvalue weighted by Crippen LogP contribution is 2.32. The summed E-state index contributed by atoms with van der Waals surface area (Å²) in [6.07, 6.45) is 0. The molecule has 0 aliphatic rings. The molecule has 0 atom stereocenters. The van der Waals surface area contributed by atoms with Crippen molar-refractivity contribution in [2.75, 3.05) is 5.75 Å². The van der Waals surface area contributed by atoms with Crippen molar-refractivity contribution in [1.29, 1.82) is 0 Å². The minimum Gasteiger partial charge on any atom is -0.459 e. The van der Waals surface area contributed by atoms with Crippen LogP contribution in [0.25, 0.3) is 15.9 Å². The highest BCUT2D eigenvalue weighted by Gasteiger charge is 2.24. The van der Waals surface area contributed by atoms with E-state index in [4.69, 9.17) is 9.15 Å². The summed E-state index contributed by atoms with van der Waals surface area (Å²) < 4.78 is 27.2. The molecule has 2 heterocycles. The van der Waals surface area contributed by atoms with Gasteiger partial charge in [0.15, 0.2) is 10.2 Å². The van der Waals surface area contributed by atoms with Crippen molar-refractivity contribution >= 4 is 39.3 Å². The third kappa shape index (κ3) is 5.05. The van der Waals surface area contributed by atoms with Gasteiger partial charge >= 0.3 is 11.7 Å². The van der Waals surface area contributed by atoms with E-state index in [1.807, 2.05) is 20.8 Å². The summed E-state index contributed by atoms with van der Waals surface area (Å²) in [6, 6.07) is 2.76. The molecule has 0 amide bonds. The maximum Gasteiger partial charge on any atom is 0.442 e. The molecule has 3 aromatic rings. The lowest BCUT2D eigenvalue weighted by atomic mass is 9.97. The maximum atomic E-state index is 14.7. The number of nitrogens with zero attached hydrogens (tertiary/aromatic N) is 3. The van der Waals surface area contributed by atoms with Gasteiger partial charge < -0.3 is 9.15 Å². The van der Waals surface area contributed by atoms with E-state index in [9.17, 15) is 14.0 Å². The minimum atomic E-state index is -0.761. The predicted octanol–water partition coefficient (Wildman–Crippen LogP) is 4.31. The number of hydrogen-bond acceptors (Lipinski definition) is 8. The summed E-state index contributed by atoms with van der Waals surface area (Å²) in [5.41, 5.74) is -0.571. The third-order valence-corrected chi connectivity index (χ3v) is 5.72. The van der Waals surface area contributed by atoms with Crippen LogP contribution in [0, 0.1) is 5.82 Å². The maximum absolute atomic E-state index is 14.7. The van der Waals surface area contributed by atoms with Crippen molar-refractivity contribution < 1.29 is 18.3 Å². The number of benzene rings is 1. The van der Waals surface area contributed by atoms with Crippen molar-refractivity contribution in [1.82, 2.24) is 14.8 Å². The van der Waals surface area contributed by atoms with Gasteiger partial charge in [-0.1, -0.05) is 32.5 Å². The number of aromatic nitrogens is 3. The quantitative estimate of drug-likeness (QED) is 0.442. The van der Waals surface area contributed by atoms with Gasteiger partial charge in [0.1, 0.15) is 11.3 Å². The Labute approximate surface area is 175 Å². The van der Waals surface area contributed by atoms with Gasteiger partial charge in [0.2, 0.25) is 5.89 Å². The van der Waals surface area contributed by atoms with E-state index in [0.717, 1.165) is 4.68 Å². The molecule has 0 bridgehead atoms. The molecule has 29 heavy (non-hydrogen) atoms. The van der Waals surface area contributed by atoms with Gasteiger partial charge in [-0.15, -0.1) is 16.4 Å². The smallest absolute Gasteiger partial charge is 0.442 e. The number of carbonyl (C=O) groups is 1. The molecule has 0 unspecified atom stereocenters. The molecule has 156 valence electrons. The Morgan fingerprint density at radius 3 is 2.55 bits per heavy atom. The number of ether oxygens (including phenoxy) is 1. The zero-order valence-corrected chi connectivity index (χ0v) is 18.7. The second-order valence-corrected chi connectivity index (χ2v) is 10.7. The molecule has 7 nitrogen and oxygen atoms in total. The molecule has 1 aromatic carbocycles. The van der Waals surface area contributed by atoms with Crippen LogP contribution in [0.4, 0.5) is 4.39 Å². The molecule has 0 saturated heterocycles. The van der Waals surface area contributed by atoms with E-state index in [-0.39, 0.29) is 23.3 Å². The number of hydrogen-bond donors (Lipinski definition) is 0. The summed E-state index contributed by atoms with van der Waals surface area (Å²) in [4.78, 5) is 28.5. The van der Waals surface area contributed by atoms with Gasteiger partial charge in [0.05, 0.1) is 16.0 Å². The molecular weight excluding hydrogens is 417 g/mol. The second-order valence-electron chi connectivity index (χ2n) is 8.46. The third-order valence-electron chi connectivity index (χ3n) is 3.59. The van der Waals surface area contributed by atoms with Crippen molar-refractivity contribution in [3.8, 4) is 5.69 Å². The predicted molar refractivity (Wildman–Crippen MR) is 111 cm³/mol. The largest absolute Gasteiger partial charge is 0.459 e. The summed E-state index contributed by atoms with van der Waals surface area (Å²) >= 11 is 2.48. The molecule has 0 spiro atoms. The van der Waals surface area contributed by atoms with E-state index >= 15 is 0 Å². The summed E-state index contributed by atoms with van der Waals surface area (Å²) in [5.74, 6) is -1.40. The normalized spacial score (nSPS) is 12.5. The van der Waals surface area contributed by atoms with Crippen molar-refractivity contribution in [3.05, 3.63) is 34.4 Å². The van der Waals surface area contributed by atoms with Crippen LogP contribution in [0.5, 0.6) is 0 Å². The Kier molecular flexibility index (Phi) is 5.61. The Morgan fingerprint density at radius 1 is 1.28 bits per heavy atom.